The van der Waals surface area contributed by atoms with Gasteiger partial charge in [-0.25, -0.2) is 13.9 Å². The Bertz CT molecular complexity index is 1120. The van der Waals surface area contributed by atoms with E-state index in [1.807, 2.05) is 0 Å². The van der Waals surface area contributed by atoms with Crippen molar-refractivity contribution in [3.63, 3.8) is 0 Å². The van der Waals surface area contributed by atoms with Gasteiger partial charge in [-0.05, 0) is 42.8 Å². The van der Waals surface area contributed by atoms with Crippen LogP contribution in [-0.4, -0.2) is 30.4 Å². The van der Waals surface area contributed by atoms with Crippen LogP contribution in [0.2, 0.25) is 0 Å². The van der Waals surface area contributed by atoms with Gasteiger partial charge in [-0.2, -0.15) is 8.78 Å². The van der Waals surface area contributed by atoms with E-state index in [2.05, 4.69) is 0 Å². The van der Waals surface area contributed by atoms with E-state index < -0.39 is 38.2 Å². The molecular formula is C25H23F2O7P. The van der Waals surface area contributed by atoms with Crippen LogP contribution in [0.15, 0.2) is 91.0 Å². The number of carbonyl (C=O) groups excluding carboxylic acids is 1. The van der Waals surface area contributed by atoms with Crippen LogP contribution in [-0.2, 0) is 18.6 Å². The Morgan fingerprint density at radius 3 is 1.86 bits per heavy atom. The van der Waals surface area contributed by atoms with E-state index in [0.29, 0.717) is 0 Å². The molecule has 184 valence electrons. The summed E-state index contributed by atoms with van der Waals surface area (Å²) in [6.07, 6.45) is -5.48. The lowest BCUT2D eigenvalue weighted by Gasteiger charge is -2.26. The second-order valence-corrected chi connectivity index (χ2v) is 9.11. The van der Waals surface area contributed by atoms with Gasteiger partial charge in [0, 0.05) is 0 Å². The van der Waals surface area contributed by atoms with Crippen LogP contribution in [0.1, 0.15) is 23.7 Å². The Kier molecular flexibility index (Phi) is 7.50. The SMILES string of the molecule is CC[C@H]1OC(OP(=O)(Oc2ccccc2)Oc2ccccc2)C(F)(F)[C@@H]1OC(=O)c1ccccc1. The molecule has 3 aromatic carbocycles. The lowest BCUT2D eigenvalue weighted by atomic mass is 10.1. The van der Waals surface area contributed by atoms with E-state index >= 15 is 8.78 Å². The second-order valence-electron chi connectivity index (χ2n) is 7.64. The molecule has 3 atom stereocenters. The van der Waals surface area contributed by atoms with E-state index in [-0.39, 0.29) is 23.5 Å². The summed E-state index contributed by atoms with van der Waals surface area (Å²) in [7, 11) is -4.69. The van der Waals surface area contributed by atoms with E-state index in [1.165, 1.54) is 36.4 Å². The van der Waals surface area contributed by atoms with Gasteiger partial charge in [0.2, 0.25) is 6.29 Å². The molecule has 0 spiro atoms. The molecule has 0 amide bonds. The molecule has 0 N–H and O–H groups in total. The van der Waals surface area contributed by atoms with E-state index in [4.69, 9.17) is 23.0 Å². The Hall–Kier alpha value is -3.26. The zero-order valence-corrected chi connectivity index (χ0v) is 19.6. The molecule has 35 heavy (non-hydrogen) atoms. The quantitative estimate of drug-likeness (QED) is 0.251. The Morgan fingerprint density at radius 2 is 1.37 bits per heavy atom. The number of phosphoric ester groups is 1. The minimum atomic E-state index is -4.69. The average Bonchev–Trinajstić information content (AvgIpc) is 3.09. The number of rotatable bonds is 9. The van der Waals surface area contributed by atoms with E-state index in [0.717, 1.165) is 0 Å². The molecule has 1 aliphatic rings. The molecule has 0 saturated carbocycles. The first kappa shape index (κ1) is 24.9. The van der Waals surface area contributed by atoms with Gasteiger partial charge < -0.3 is 18.5 Å². The third-order valence-electron chi connectivity index (χ3n) is 5.12. The largest absolute Gasteiger partial charge is 0.590 e. The van der Waals surface area contributed by atoms with Crippen LogP contribution >= 0.6 is 7.82 Å². The standard InChI is InChI=1S/C25H23F2O7P/c1-2-21-22(31-23(28)18-12-6-3-7-13-18)25(26,27)24(30-21)34-35(29,32-19-14-8-4-9-15-19)33-20-16-10-5-11-17-20/h3-17,21-22,24H,2H2,1H3/t21-,22-,24?/m1/s1. The van der Waals surface area contributed by atoms with Crippen LogP contribution in [0.25, 0.3) is 0 Å². The van der Waals surface area contributed by atoms with Crippen LogP contribution in [0.4, 0.5) is 8.78 Å². The first-order valence-electron chi connectivity index (χ1n) is 10.9. The maximum atomic E-state index is 15.4. The highest BCUT2D eigenvalue weighted by Crippen LogP contribution is 2.54. The fourth-order valence-electron chi connectivity index (χ4n) is 3.42. The molecule has 0 aliphatic carbocycles. The zero-order chi connectivity index (χ0) is 24.9. The molecule has 7 nitrogen and oxygen atoms in total. The number of para-hydroxylation sites is 2. The number of phosphoric acid groups is 1. The van der Waals surface area contributed by atoms with Crippen LogP contribution < -0.4 is 9.05 Å². The van der Waals surface area contributed by atoms with Gasteiger partial charge in [-0.3, -0.25) is 0 Å². The zero-order valence-electron chi connectivity index (χ0n) is 18.7. The fraction of sp³-hybridized carbons (Fsp3) is 0.240. The normalized spacial score (nSPS) is 21.3. The maximum absolute atomic E-state index is 15.4. The number of halogens is 2. The van der Waals surface area contributed by atoms with Gasteiger partial charge in [0.25, 0.3) is 0 Å². The Morgan fingerprint density at radius 1 is 0.886 bits per heavy atom. The molecule has 10 heteroatoms. The lowest BCUT2D eigenvalue weighted by Crippen LogP contribution is -2.44. The predicted octanol–water partition coefficient (Wildman–Crippen LogP) is 6.26. The molecular weight excluding hydrogens is 481 g/mol. The molecule has 1 saturated heterocycles. The van der Waals surface area contributed by atoms with Gasteiger partial charge in [0.15, 0.2) is 6.10 Å². The summed E-state index contributed by atoms with van der Waals surface area (Å²) < 4.78 is 71.0. The second kappa shape index (κ2) is 10.6. The van der Waals surface area contributed by atoms with Crippen molar-refractivity contribution in [2.24, 2.45) is 0 Å². The van der Waals surface area contributed by atoms with Crippen molar-refractivity contribution in [1.82, 2.24) is 0 Å². The van der Waals surface area contributed by atoms with Gasteiger partial charge >= 0.3 is 19.7 Å². The summed E-state index contributed by atoms with van der Waals surface area (Å²) >= 11 is 0. The first-order valence-corrected chi connectivity index (χ1v) is 12.3. The average molecular weight is 504 g/mol. The minimum Gasteiger partial charge on any atom is -0.449 e. The third-order valence-corrected chi connectivity index (χ3v) is 6.44. The fourth-order valence-corrected chi connectivity index (χ4v) is 4.73. The molecule has 0 bridgehead atoms. The van der Waals surface area contributed by atoms with Crippen molar-refractivity contribution < 1.29 is 41.2 Å². The smallest absolute Gasteiger partial charge is 0.449 e. The van der Waals surface area contributed by atoms with Crippen molar-refractivity contribution >= 4 is 13.8 Å². The number of esters is 1. The van der Waals surface area contributed by atoms with Gasteiger partial charge in [-0.1, -0.05) is 61.5 Å². The number of alkyl halides is 2. The first-order chi connectivity index (χ1) is 16.8. The highest BCUT2D eigenvalue weighted by atomic mass is 31.2. The topological polar surface area (TPSA) is 80.3 Å². The Labute approximate surface area is 201 Å². The summed E-state index contributed by atoms with van der Waals surface area (Å²) in [5, 5.41) is 0. The molecule has 0 radical (unpaired) electrons. The minimum absolute atomic E-state index is 0.0750. The molecule has 1 heterocycles. The van der Waals surface area contributed by atoms with E-state index in [1.54, 1.807) is 61.5 Å². The number of benzene rings is 3. The Balaban J connectivity index is 1.58. The molecule has 1 unspecified atom stereocenters. The third kappa shape index (κ3) is 5.88. The van der Waals surface area contributed by atoms with Crippen molar-refractivity contribution in [2.75, 3.05) is 0 Å². The molecule has 1 fully saturated rings. The van der Waals surface area contributed by atoms with Crippen molar-refractivity contribution in [2.45, 2.75) is 37.8 Å². The maximum Gasteiger partial charge on any atom is 0.590 e. The van der Waals surface area contributed by atoms with Gasteiger partial charge in [-0.15, -0.1) is 0 Å². The van der Waals surface area contributed by atoms with Crippen molar-refractivity contribution in [3.05, 3.63) is 96.6 Å². The van der Waals surface area contributed by atoms with Crippen molar-refractivity contribution in [3.8, 4) is 11.5 Å². The van der Waals surface area contributed by atoms with E-state index in [9.17, 15) is 9.36 Å². The molecule has 1 aliphatic heterocycles. The highest BCUT2D eigenvalue weighted by Gasteiger charge is 2.64. The summed E-state index contributed by atoms with van der Waals surface area (Å²) in [6.45, 7) is 1.59. The number of carbonyl (C=O) groups is 1. The number of ether oxygens (including phenoxy) is 2. The lowest BCUT2D eigenvalue weighted by molar-refractivity contribution is -0.190. The number of hydrogen-bond donors (Lipinski definition) is 0. The molecule has 0 aromatic heterocycles. The highest BCUT2D eigenvalue weighted by molar-refractivity contribution is 7.49. The summed E-state index contributed by atoms with van der Waals surface area (Å²) in [4.78, 5) is 12.5. The molecule has 3 aromatic rings. The predicted molar refractivity (Wildman–Crippen MR) is 122 cm³/mol. The van der Waals surface area contributed by atoms with Crippen LogP contribution in [0, 0.1) is 0 Å². The monoisotopic (exact) mass is 504 g/mol. The summed E-state index contributed by atoms with van der Waals surface area (Å²) in [6, 6.07) is 23.4. The van der Waals surface area contributed by atoms with Gasteiger partial charge in [0.1, 0.15) is 17.6 Å². The van der Waals surface area contributed by atoms with Crippen LogP contribution in [0.5, 0.6) is 11.5 Å². The van der Waals surface area contributed by atoms with Crippen LogP contribution in [0.3, 0.4) is 0 Å². The summed E-state index contributed by atoms with van der Waals surface area (Å²) in [5.41, 5.74) is 0.105. The number of hydrogen-bond acceptors (Lipinski definition) is 7. The van der Waals surface area contributed by atoms with Gasteiger partial charge in [0.05, 0.1) is 5.56 Å². The molecule has 4 rings (SSSR count). The summed E-state index contributed by atoms with van der Waals surface area (Å²) in [5.74, 6) is -4.65. The van der Waals surface area contributed by atoms with Crippen molar-refractivity contribution in [1.29, 1.82) is 0 Å².